The molecule has 1 heteroatoms. The normalized spacial score (nSPS) is 14.9. The number of hydrogen-bond acceptors (Lipinski definition) is 0. The standard InChI is InChI=1S/C13H15N/c1-2-12-9-11-6-3-5-10-7-4-8-14(12)13(10)11/h3,5-6,9H,2,4,7-8H2,1H3. The van der Waals surface area contributed by atoms with E-state index < -0.39 is 0 Å². The molecule has 2 aromatic rings. The minimum atomic E-state index is 1.15. The van der Waals surface area contributed by atoms with Crippen LogP contribution in [0.4, 0.5) is 0 Å². The van der Waals surface area contributed by atoms with Gasteiger partial charge in [0.1, 0.15) is 0 Å². The first-order valence-corrected chi connectivity index (χ1v) is 5.50. The van der Waals surface area contributed by atoms with Crippen molar-refractivity contribution in [3.8, 4) is 0 Å². The third-order valence-electron chi connectivity index (χ3n) is 3.28. The molecule has 0 saturated carbocycles. The van der Waals surface area contributed by atoms with Gasteiger partial charge >= 0.3 is 0 Å². The van der Waals surface area contributed by atoms with Gasteiger partial charge in [-0.1, -0.05) is 25.1 Å². The lowest BCUT2D eigenvalue weighted by Gasteiger charge is -2.17. The highest BCUT2D eigenvalue weighted by molar-refractivity contribution is 5.85. The van der Waals surface area contributed by atoms with E-state index in [-0.39, 0.29) is 0 Å². The molecule has 1 aliphatic heterocycles. The summed E-state index contributed by atoms with van der Waals surface area (Å²) in [6, 6.07) is 9.05. The van der Waals surface area contributed by atoms with Crippen LogP contribution >= 0.6 is 0 Å². The Morgan fingerprint density at radius 3 is 3.14 bits per heavy atom. The topological polar surface area (TPSA) is 4.93 Å². The van der Waals surface area contributed by atoms with E-state index >= 15 is 0 Å². The second-order valence-corrected chi connectivity index (χ2v) is 4.10. The lowest BCUT2D eigenvalue weighted by Crippen LogP contribution is -2.09. The summed E-state index contributed by atoms with van der Waals surface area (Å²) in [7, 11) is 0. The van der Waals surface area contributed by atoms with Gasteiger partial charge in [0, 0.05) is 17.6 Å². The number of benzene rings is 1. The fourth-order valence-corrected chi connectivity index (χ4v) is 2.64. The van der Waals surface area contributed by atoms with Crippen molar-refractivity contribution in [2.75, 3.05) is 0 Å². The molecular formula is C13H15N. The smallest absolute Gasteiger partial charge is 0.0515 e. The second kappa shape index (κ2) is 2.88. The highest BCUT2D eigenvalue weighted by Gasteiger charge is 2.14. The first-order valence-electron chi connectivity index (χ1n) is 5.50. The van der Waals surface area contributed by atoms with E-state index in [0.717, 1.165) is 6.42 Å². The van der Waals surface area contributed by atoms with Crippen LogP contribution in [0.1, 0.15) is 24.6 Å². The molecule has 0 aliphatic carbocycles. The van der Waals surface area contributed by atoms with Crippen LogP contribution in [0, 0.1) is 0 Å². The van der Waals surface area contributed by atoms with Crippen LogP contribution in [0.2, 0.25) is 0 Å². The minimum absolute atomic E-state index is 1.15. The van der Waals surface area contributed by atoms with Crippen LogP contribution in [0.25, 0.3) is 10.9 Å². The molecule has 0 spiro atoms. The van der Waals surface area contributed by atoms with Gasteiger partial charge in [0.15, 0.2) is 0 Å². The number of aryl methyl sites for hydroxylation is 3. The molecule has 0 radical (unpaired) electrons. The largest absolute Gasteiger partial charge is 0.344 e. The zero-order chi connectivity index (χ0) is 9.54. The van der Waals surface area contributed by atoms with E-state index in [0.29, 0.717) is 0 Å². The van der Waals surface area contributed by atoms with Crippen molar-refractivity contribution in [3.05, 3.63) is 35.5 Å². The molecule has 0 atom stereocenters. The Morgan fingerprint density at radius 2 is 2.29 bits per heavy atom. The van der Waals surface area contributed by atoms with E-state index in [1.54, 1.807) is 0 Å². The van der Waals surface area contributed by atoms with Crippen LogP contribution in [0.5, 0.6) is 0 Å². The summed E-state index contributed by atoms with van der Waals surface area (Å²) < 4.78 is 2.51. The maximum atomic E-state index is 2.51. The summed E-state index contributed by atoms with van der Waals surface area (Å²) >= 11 is 0. The molecule has 0 fully saturated rings. The molecular weight excluding hydrogens is 170 g/mol. The molecule has 1 nitrogen and oxygen atoms in total. The summed E-state index contributed by atoms with van der Waals surface area (Å²) in [4.78, 5) is 0. The molecule has 0 saturated heterocycles. The van der Waals surface area contributed by atoms with E-state index in [9.17, 15) is 0 Å². The SMILES string of the molecule is CCc1cc2cccc3c2n1CCC3. The Labute approximate surface area is 84.4 Å². The number of hydrogen-bond donors (Lipinski definition) is 0. The zero-order valence-corrected chi connectivity index (χ0v) is 8.59. The highest BCUT2D eigenvalue weighted by atomic mass is 15.0. The second-order valence-electron chi connectivity index (χ2n) is 4.10. The molecule has 1 aromatic heterocycles. The van der Waals surface area contributed by atoms with Crippen molar-refractivity contribution >= 4 is 10.9 Å². The van der Waals surface area contributed by atoms with Gasteiger partial charge in [0.2, 0.25) is 0 Å². The molecule has 0 bridgehead atoms. The maximum Gasteiger partial charge on any atom is 0.0515 e. The Bertz CT molecular complexity index is 479. The van der Waals surface area contributed by atoms with E-state index in [1.165, 1.54) is 41.5 Å². The highest BCUT2D eigenvalue weighted by Crippen LogP contribution is 2.28. The summed E-state index contributed by atoms with van der Waals surface area (Å²) in [5, 5.41) is 1.43. The van der Waals surface area contributed by atoms with E-state index in [2.05, 4.69) is 35.8 Å². The van der Waals surface area contributed by atoms with Gasteiger partial charge in [0.25, 0.3) is 0 Å². The van der Waals surface area contributed by atoms with Gasteiger partial charge in [-0.15, -0.1) is 0 Å². The summed E-state index contributed by atoms with van der Waals surface area (Å²) in [6.45, 7) is 3.45. The lowest BCUT2D eigenvalue weighted by atomic mass is 10.0. The van der Waals surface area contributed by atoms with Gasteiger partial charge in [-0.3, -0.25) is 0 Å². The van der Waals surface area contributed by atoms with Crippen LogP contribution in [0.3, 0.4) is 0 Å². The van der Waals surface area contributed by atoms with Crippen LogP contribution in [-0.4, -0.2) is 4.57 Å². The number of aromatic nitrogens is 1. The number of para-hydroxylation sites is 1. The quantitative estimate of drug-likeness (QED) is 0.643. The Balaban J connectivity index is 2.42. The predicted octanol–water partition coefficient (Wildman–Crippen LogP) is 3.15. The monoisotopic (exact) mass is 185 g/mol. The fraction of sp³-hybridized carbons (Fsp3) is 0.385. The van der Waals surface area contributed by atoms with E-state index in [4.69, 9.17) is 0 Å². The van der Waals surface area contributed by atoms with Gasteiger partial charge < -0.3 is 4.57 Å². The Kier molecular flexibility index (Phi) is 1.66. The third kappa shape index (κ3) is 0.955. The molecule has 0 unspecified atom stereocenters. The van der Waals surface area contributed by atoms with Crippen molar-refractivity contribution in [3.63, 3.8) is 0 Å². The minimum Gasteiger partial charge on any atom is -0.344 e. The van der Waals surface area contributed by atoms with Gasteiger partial charge in [-0.2, -0.15) is 0 Å². The van der Waals surface area contributed by atoms with E-state index in [1.807, 2.05) is 0 Å². The van der Waals surface area contributed by atoms with Gasteiger partial charge in [-0.25, -0.2) is 0 Å². The first kappa shape index (κ1) is 8.10. The van der Waals surface area contributed by atoms with Crippen molar-refractivity contribution in [2.45, 2.75) is 32.7 Å². The average molecular weight is 185 g/mol. The fourth-order valence-electron chi connectivity index (χ4n) is 2.64. The Morgan fingerprint density at radius 1 is 1.36 bits per heavy atom. The Hall–Kier alpha value is -1.24. The lowest BCUT2D eigenvalue weighted by molar-refractivity contribution is 0.614. The summed E-state index contributed by atoms with van der Waals surface area (Å²) in [5.41, 5.74) is 4.52. The van der Waals surface area contributed by atoms with Crippen LogP contribution in [-0.2, 0) is 19.4 Å². The number of nitrogens with zero attached hydrogens (tertiary/aromatic N) is 1. The van der Waals surface area contributed by atoms with Crippen molar-refractivity contribution in [1.29, 1.82) is 0 Å². The van der Waals surface area contributed by atoms with Gasteiger partial charge in [-0.05, 0) is 30.9 Å². The zero-order valence-electron chi connectivity index (χ0n) is 8.59. The molecule has 1 aliphatic rings. The van der Waals surface area contributed by atoms with Crippen LogP contribution in [0.15, 0.2) is 24.3 Å². The third-order valence-corrected chi connectivity index (χ3v) is 3.28. The molecule has 14 heavy (non-hydrogen) atoms. The molecule has 0 amide bonds. The van der Waals surface area contributed by atoms with Crippen molar-refractivity contribution in [2.24, 2.45) is 0 Å². The maximum absolute atomic E-state index is 2.51. The molecule has 3 rings (SSSR count). The van der Waals surface area contributed by atoms with Crippen LogP contribution < -0.4 is 0 Å². The van der Waals surface area contributed by atoms with Crippen molar-refractivity contribution < 1.29 is 0 Å². The number of rotatable bonds is 1. The first-order chi connectivity index (χ1) is 6.90. The average Bonchev–Trinajstić information content (AvgIpc) is 2.60. The molecule has 1 aromatic carbocycles. The predicted molar refractivity (Wildman–Crippen MR) is 59.6 cm³/mol. The molecule has 0 N–H and O–H groups in total. The molecule has 72 valence electrons. The van der Waals surface area contributed by atoms with Gasteiger partial charge in [0.05, 0.1) is 5.52 Å². The summed E-state index contributed by atoms with van der Waals surface area (Å²) in [6.07, 6.45) is 3.70. The molecule has 2 heterocycles. The van der Waals surface area contributed by atoms with Crippen molar-refractivity contribution in [1.82, 2.24) is 4.57 Å². The summed E-state index contributed by atoms with van der Waals surface area (Å²) in [5.74, 6) is 0.